The minimum atomic E-state index is -0.481. The number of aryl methyl sites for hydroxylation is 1. The second-order valence-corrected chi connectivity index (χ2v) is 7.36. The van der Waals surface area contributed by atoms with E-state index in [9.17, 15) is 9.59 Å². The van der Waals surface area contributed by atoms with Crippen molar-refractivity contribution in [1.82, 2.24) is 14.9 Å². The van der Waals surface area contributed by atoms with Gasteiger partial charge in [0.05, 0.1) is 11.6 Å². The lowest BCUT2D eigenvalue weighted by Gasteiger charge is -2.25. The molecule has 0 saturated heterocycles. The molecule has 1 atom stereocenters. The van der Waals surface area contributed by atoms with Crippen molar-refractivity contribution < 1.29 is 9.21 Å². The molecule has 1 amide bonds. The number of hydrogen-bond donors (Lipinski definition) is 1. The first-order chi connectivity index (χ1) is 14.1. The van der Waals surface area contributed by atoms with Crippen molar-refractivity contribution >= 4 is 17.0 Å². The molecule has 0 radical (unpaired) electrons. The molecular weight excluding hydrogens is 366 g/mol. The van der Waals surface area contributed by atoms with E-state index in [1.54, 1.807) is 6.07 Å². The topological polar surface area (TPSA) is 79.2 Å². The maximum Gasteiger partial charge on any atom is 0.417 e. The highest BCUT2D eigenvalue weighted by atomic mass is 16.4. The van der Waals surface area contributed by atoms with Crippen LogP contribution in [0.15, 0.2) is 69.9 Å². The number of fused-ring (bicyclic) bond motifs is 2. The molecule has 1 aliphatic heterocycles. The highest BCUT2D eigenvalue weighted by Crippen LogP contribution is 2.37. The lowest BCUT2D eigenvalue weighted by Crippen LogP contribution is -2.29. The Balaban J connectivity index is 1.51. The summed E-state index contributed by atoms with van der Waals surface area (Å²) in [5.41, 5.74) is 5.72. The van der Waals surface area contributed by atoms with Crippen LogP contribution < -0.4 is 5.76 Å². The van der Waals surface area contributed by atoms with E-state index < -0.39 is 5.76 Å². The van der Waals surface area contributed by atoms with Crippen molar-refractivity contribution in [2.45, 2.75) is 25.9 Å². The van der Waals surface area contributed by atoms with Crippen LogP contribution in [0.25, 0.3) is 11.1 Å². The highest BCUT2D eigenvalue weighted by molar-refractivity contribution is 5.99. The molecule has 0 fully saturated rings. The number of hydrogen-bond acceptors (Lipinski definition) is 4. The monoisotopic (exact) mass is 385 g/mol. The smallest absolute Gasteiger partial charge is 0.408 e. The Morgan fingerprint density at radius 3 is 2.79 bits per heavy atom. The summed E-state index contributed by atoms with van der Waals surface area (Å²) in [7, 11) is 0. The molecule has 0 bridgehead atoms. The van der Waals surface area contributed by atoms with Crippen molar-refractivity contribution in [2.24, 2.45) is 0 Å². The van der Waals surface area contributed by atoms with E-state index in [2.05, 4.69) is 9.97 Å². The van der Waals surface area contributed by atoms with Crippen molar-refractivity contribution in [3.63, 3.8) is 0 Å². The molecule has 2 aromatic carbocycles. The number of nitrogens with zero attached hydrogens (tertiary/aromatic N) is 2. The van der Waals surface area contributed by atoms with Gasteiger partial charge in [-0.25, -0.2) is 4.79 Å². The molecule has 1 N–H and O–H groups in total. The summed E-state index contributed by atoms with van der Waals surface area (Å²) in [6.07, 6.45) is 0.645. The van der Waals surface area contributed by atoms with E-state index in [4.69, 9.17) is 4.42 Å². The zero-order valence-electron chi connectivity index (χ0n) is 15.9. The number of H-pyrrole nitrogens is 1. The zero-order valence-corrected chi connectivity index (χ0v) is 15.9. The Labute approximate surface area is 166 Å². The van der Waals surface area contributed by atoms with Gasteiger partial charge >= 0.3 is 5.76 Å². The number of amides is 1. The van der Waals surface area contributed by atoms with Crippen LogP contribution in [0.4, 0.5) is 0 Å². The van der Waals surface area contributed by atoms with Gasteiger partial charge in [-0.3, -0.25) is 14.8 Å². The number of nitrogens with one attached hydrogen (secondary N) is 1. The molecular formula is C23H19N3O3. The molecule has 0 spiro atoms. The summed E-state index contributed by atoms with van der Waals surface area (Å²) in [4.78, 5) is 33.7. The predicted molar refractivity (Wildman–Crippen MR) is 109 cm³/mol. The first-order valence-corrected chi connectivity index (χ1v) is 9.53. The number of rotatable bonds is 4. The molecule has 5 rings (SSSR count). The number of carbonyl (C=O) groups is 1. The minimum absolute atomic E-state index is 0.00821. The van der Waals surface area contributed by atoms with Gasteiger partial charge in [0, 0.05) is 29.9 Å². The van der Waals surface area contributed by atoms with Crippen LogP contribution >= 0.6 is 0 Å². The molecule has 1 unspecified atom stereocenters. The van der Waals surface area contributed by atoms with Crippen LogP contribution in [0.1, 0.15) is 38.9 Å². The fraction of sp³-hybridized carbons (Fsp3) is 0.174. The number of pyridine rings is 1. The molecule has 2 aromatic heterocycles. The maximum absolute atomic E-state index is 13.2. The zero-order chi connectivity index (χ0) is 20.0. The Morgan fingerprint density at radius 1 is 1.07 bits per heavy atom. The largest absolute Gasteiger partial charge is 0.417 e. The van der Waals surface area contributed by atoms with Gasteiger partial charge < -0.3 is 9.32 Å². The fourth-order valence-electron chi connectivity index (χ4n) is 4.04. The number of benzene rings is 2. The molecule has 0 saturated carbocycles. The Kier molecular flexibility index (Phi) is 4.05. The van der Waals surface area contributed by atoms with Crippen LogP contribution in [0, 0.1) is 6.92 Å². The van der Waals surface area contributed by atoms with Crippen molar-refractivity contribution in [3.05, 3.63) is 99.3 Å². The molecule has 0 aliphatic carbocycles. The average molecular weight is 385 g/mol. The van der Waals surface area contributed by atoms with Gasteiger partial charge in [0.25, 0.3) is 5.91 Å². The van der Waals surface area contributed by atoms with Gasteiger partial charge in [-0.15, -0.1) is 0 Å². The standard InChI is InChI=1S/C23H19N3O3/c1-14-5-4-6-16(24-14)12-20-17-7-2-3-8-18(17)22(27)26(20)13-15-9-10-19-21(11-15)29-23(28)25-19/h2-11,20H,12-13H2,1H3,(H,25,28). The van der Waals surface area contributed by atoms with E-state index >= 15 is 0 Å². The van der Waals surface area contributed by atoms with Crippen LogP contribution in [-0.2, 0) is 13.0 Å². The van der Waals surface area contributed by atoms with Gasteiger partial charge in [0.1, 0.15) is 0 Å². The van der Waals surface area contributed by atoms with Gasteiger partial charge in [-0.1, -0.05) is 30.3 Å². The van der Waals surface area contributed by atoms with E-state index in [0.29, 0.717) is 24.1 Å². The number of oxazole rings is 1. The number of carbonyl (C=O) groups excluding carboxylic acids is 1. The number of aromatic nitrogens is 2. The molecule has 144 valence electrons. The second-order valence-electron chi connectivity index (χ2n) is 7.36. The SMILES string of the molecule is Cc1cccc(CC2c3ccccc3C(=O)N2Cc2ccc3[nH]c(=O)oc3c2)n1. The van der Waals surface area contributed by atoms with Gasteiger partial charge in [0.15, 0.2) is 5.58 Å². The third kappa shape index (κ3) is 3.12. The van der Waals surface area contributed by atoms with Crippen LogP contribution in [-0.4, -0.2) is 20.8 Å². The normalized spacial score (nSPS) is 15.8. The highest BCUT2D eigenvalue weighted by Gasteiger charge is 2.36. The summed E-state index contributed by atoms with van der Waals surface area (Å²) in [5.74, 6) is -0.473. The van der Waals surface area contributed by atoms with E-state index in [0.717, 1.165) is 28.1 Å². The Hall–Kier alpha value is -3.67. The summed E-state index contributed by atoms with van der Waals surface area (Å²) < 4.78 is 5.17. The van der Waals surface area contributed by atoms with E-state index in [1.165, 1.54) is 0 Å². The third-order valence-electron chi connectivity index (χ3n) is 5.37. The van der Waals surface area contributed by atoms with E-state index in [1.807, 2.05) is 66.4 Å². The Bertz CT molecular complexity index is 1290. The molecule has 6 nitrogen and oxygen atoms in total. The van der Waals surface area contributed by atoms with E-state index in [-0.39, 0.29) is 11.9 Å². The summed E-state index contributed by atoms with van der Waals surface area (Å²) in [6, 6.07) is 19.1. The first kappa shape index (κ1) is 17.4. The molecule has 3 heterocycles. The predicted octanol–water partition coefficient (Wildman–Crippen LogP) is 3.76. The van der Waals surface area contributed by atoms with Crippen LogP contribution in [0.3, 0.4) is 0 Å². The van der Waals surface area contributed by atoms with Crippen molar-refractivity contribution in [1.29, 1.82) is 0 Å². The maximum atomic E-state index is 13.2. The minimum Gasteiger partial charge on any atom is -0.408 e. The average Bonchev–Trinajstić information content (AvgIpc) is 3.20. The van der Waals surface area contributed by atoms with Crippen LogP contribution in [0.5, 0.6) is 0 Å². The van der Waals surface area contributed by atoms with Crippen molar-refractivity contribution in [3.8, 4) is 0 Å². The van der Waals surface area contributed by atoms with Gasteiger partial charge in [-0.2, -0.15) is 0 Å². The van der Waals surface area contributed by atoms with Gasteiger partial charge in [0.2, 0.25) is 0 Å². The lowest BCUT2D eigenvalue weighted by atomic mass is 10.00. The third-order valence-corrected chi connectivity index (χ3v) is 5.37. The second kappa shape index (κ2) is 6.74. The first-order valence-electron chi connectivity index (χ1n) is 9.53. The quantitative estimate of drug-likeness (QED) is 0.580. The molecule has 1 aliphatic rings. The fourth-order valence-corrected chi connectivity index (χ4v) is 4.04. The summed E-state index contributed by atoms with van der Waals surface area (Å²) in [6.45, 7) is 2.39. The molecule has 29 heavy (non-hydrogen) atoms. The molecule has 6 heteroatoms. The van der Waals surface area contributed by atoms with Crippen molar-refractivity contribution in [2.75, 3.05) is 0 Å². The lowest BCUT2D eigenvalue weighted by molar-refractivity contribution is 0.0708. The van der Waals surface area contributed by atoms with Gasteiger partial charge in [-0.05, 0) is 48.4 Å². The van der Waals surface area contributed by atoms with Crippen LogP contribution in [0.2, 0.25) is 0 Å². The summed E-state index contributed by atoms with van der Waals surface area (Å²) in [5, 5.41) is 0. The summed E-state index contributed by atoms with van der Waals surface area (Å²) >= 11 is 0. The number of aromatic amines is 1. The molecule has 4 aromatic rings. The Morgan fingerprint density at radius 2 is 1.93 bits per heavy atom.